The number of carbonyl (C=O) groups is 2. The van der Waals surface area contributed by atoms with Crippen LogP contribution < -0.4 is 10.6 Å². The minimum atomic E-state index is -1.06. The molecular weight excluding hydrogens is 304 g/mol. The average Bonchev–Trinajstić information content (AvgIpc) is 2.48. The number of amides is 2. The lowest BCUT2D eigenvalue weighted by molar-refractivity contribution is -0.131. The van der Waals surface area contributed by atoms with E-state index in [1.807, 2.05) is 0 Å². The van der Waals surface area contributed by atoms with Crippen LogP contribution >= 0.6 is 0 Å². The van der Waals surface area contributed by atoms with E-state index < -0.39 is 17.5 Å². The Bertz CT molecular complexity index is 607. The fourth-order valence-electron chi connectivity index (χ4n) is 2.68. The van der Waals surface area contributed by atoms with Crippen molar-refractivity contribution in [3.8, 4) is 0 Å². The van der Waals surface area contributed by atoms with Crippen molar-refractivity contribution < 1.29 is 18.4 Å². The molecule has 0 aromatic heterocycles. The highest BCUT2D eigenvalue weighted by atomic mass is 19.2. The van der Waals surface area contributed by atoms with Crippen LogP contribution in [0.3, 0.4) is 0 Å². The molecule has 0 saturated carbocycles. The van der Waals surface area contributed by atoms with E-state index in [0.29, 0.717) is 19.0 Å². The molecule has 0 spiro atoms. The summed E-state index contributed by atoms with van der Waals surface area (Å²) >= 11 is 0. The van der Waals surface area contributed by atoms with Crippen molar-refractivity contribution in [2.75, 3.05) is 30.3 Å². The van der Waals surface area contributed by atoms with E-state index in [1.165, 1.54) is 6.92 Å². The van der Waals surface area contributed by atoms with Gasteiger partial charge < -0.3 is 15.5 Å². The number of likely N-dealkylation sites (tertiary alicyclic amines) is 1. The van der Waals surface area contributed by atoms with Crippen molar-refractivity contribution in [3.05, 3.63) is 23.8 Å². The van der Waals surface area contributed by atoms with Gasteiger partial charge >= 0.3 is 0 Å². The maximum absolute atomic E-state index is 13.4. The van der Waals surface area contributed by atoms with Crippen LogP contribution in [0.2, 0.25) is 0 Å². The monoisotopic (exact) mass is 325 g/mol. The van der Waals surface area contributed by atoms with Gasteiger partial charge in [0, 0.05) is 32.1 Å². The predicted octanol–water partition coefficient (Wildman–Crippen LogP) is 2.59. The van der Waals surface area contributed by atoms with Crippen molar-refractivity contribution in [1.82, 2.24) is 4.90 Å². The van der Waals surface area contributed by atoms with Crippen LogP contribution in [0.4, 0.5) is 20.2 Å². The van der Waals surface area contributed by atoms with Crippen LogP contribution in [0.15, 0.2) is 12.1 Å². The third-order valence-corrected chi connectivity index (χ3v) is 3.81. The second kappa shape index (κ2) is 7.39. The highest BCUT2D eigenvalue weighted by Crippen LogP contribution is 2.25. The van der Waals surface area contributed by atoms with Crippen molar-refractivity contribution >= 4 is 23.2 Å². The first-order valence-electron chi connectivity index (χ1n) is 7.65. The highest BCUT2D eigenvalue weighted by Gasteiger charge is 2.21. The number of nitrogens with one attached hydrogen (secondary N) is 2. The number of rotatable bonds is 4. The Balaban J connectivity index is 2.05. The molecule has 1 fully saturated rings. The molecule has 2 amide bonds. The first kappa shape index (κ1) is 17.2. The Morgan fingerprint density at radius 3 is 2.52 bits per heavy atom. The number of anilines is 2. The topological polar surface area (TPSA) is 61.4 Å². The SMILES string of the molecule is CC(=O)Nc1cc(F)c(F)cc1NCC(=O)N1CCCC(C)C1. The Morgan fingerprint density at radius 2 is 1.91 bits per heavy atom. The normalized spacial score (nSPS) is 17.7. The molecule has 0 radical (unpaired) electrons. The zero-order valence-electron chi connectivity index (χ0n) is 13.3. The Hall–Kier alpha value is -2.18. The molecule has 1 saturated heterocycles. The largest absolute Gasteiger partial charge is 0.374 e. The first-order valence-corrected chi connectivity index (χ1v) is 7.65. The Morgan fingerprint density at radius 1 is 1.26 bits per heavy atom. The number of benzene rings is 1. The standard InChI is InChI=1S/C16H21F2N3O2/c1-10-4-3-5-21(9-10)16(23)8-19-14-6-12(17)13(18)7-15(14)20-11(2)22/h6-7,10,19H,3-5,8-9H2,1-2H3,(H,20,22). The molecule has 5 nitrogen and oxygen atoms in total. The minimum Gasteiger partial charge on any atom is -0.374 e. The van der Waals surface area contributed by atoms with Crippen molar-refractivity contribution in [2.24, 2.45) is 5.92 Å². The molecule has 1 unspecified atom stereocenters. The summed E-state index contributed by atoms with van der Waals surface area (Å²) in [5.74, 6) is -2.15. The van der Waals surface area contributed by atoms with E-state index in [0.717, 1.165) is 25.0 Å². The van der Waals surface area contributed by atoms with Crippen molar-refractivity contribution in [1.29, 1.82) is 0 Å². The summed E-state index contributed by atoms with van der Waals surface area (Å²) in [7, 11) is 0. The average molecular weight is 325 g/mol. The Kier molecular flexibility index (Phi) is 5.52. The number of halogens is 2. The number of hydrogen-bond donors (Lipinski definition) is 2. The zero-order chi connectivity index (χ0) is 17.0. The van der Waals surface area contributed by atoms with Crippen LogP contribution in [0.5, 0.6) is 0 Å². The molecule has 1 aromatic rings. The summed E-state index contributed by atoms with van der Waals surface area (Å²) in [6.07, 6.45) is 2.07. The lowest BCUT2D eigenvalue weighted by Crippen LogP contribution is -2.42. The van der Waals surface area contributed by atoms with Crippen LogP contribution in [-0.2, 0) is 9.59 Å². The fraction of sp³-hybridized carbons (Fsp3) is 0.500. The smallest absolute Gasteiger partial charge is 0.241 e. The summed E-state index contributed by atoms with van der Waals surface area (Å²) in [5, 5.41) is 5.20. The molecule has 7 heteroatoms. The number of hydrogen-bond acceptors (Lipinski definition) is 3. The van der Waals surface area contributed by atoms with Gasteiger partial charge in [-0.25, -0.2) is 8.78 Å². The van der Waals surface area contributed by atoms with Gasteiger partial charge in [0.05, 0.1) is 17.9 Å². The maximum Gasteiger partial charge on any atom is 0.241 e. The molecule has 2 rings (SSSR count). The van der Waals surface area contributed by atoms with E-state index in [1.54, 1.807) is 4.90 Å². The van der Waals surface area contributed by atoms with Gasteiger partial charge in [-0.05, 0) is 18.8 Å². The third kappa shape index (κ3) is 4.64. The second-order valence-electron chi connectivity index (χ2n) is 5.93. The molecule has 1 atom stereocenters. The lowest BCUT2D eigenvalue weighted by atomic mass is 10.0. The predicted molar refractivity (Wildman–Crippen MR) is 84.1 cm³/mol. The van der Waals surface area contributed by atoms with Gasteiger partial charge in [0.25, 0.3) is 0 Å². The summed E-state index contributed by atoms with van der Waals surface area (Å²) in [6, 6.07) is 1.83. The number of nitrogens with zero attached hydrogens (tertiary/aromatic N) is 1. The van der Waals surface area contributed by atoms with E-state index in [2.05, 4.69) is 17.6 Å². The van der Waals surface area contributed by atoms with Gasteiger partial charge in [0.15, 0.2) is 11.6 Å². The van der Waals surface area contributed by atoms with Gasteiger partial charge in [0.1, 0.15) is 0 Å². The minimum absolute atomic E-state index is 0.0373. The molecule has 0 aliphatic carbocycles. The van der Waals surface area contributed by atoms with Gasteiger partial charge in [-0.2, -0.15) is 0 Å². The van der Waals surface area contributed by atoms with Crippen molar-refractivity contribution in [2.45, 2.75) is 26.7 Å². The van der Waals surface area contributed by atoms with Crippen LogP contribution in [0, 0.1) is 17.6 Å². The molecular formula is C16H21F2N3O2. The molecule has 1 aliphatic rings. The van der Waals surface area contributed by atoms with Crippen LogP contribution in [0.1, 0.15) is 26.7 Å². The molecule has 1 aliphatic heterocycles. The van der Waals surface area contributed by atoms with Gasteiger partial charge in [-0.3, -0.25) is 9.59 Å². The highest BCUT2D eigenvalue weighted by molar-refractivity contribution is 5.93. The van der Waals surface area contributed by atoms with Crippen LogP contribution in [0.25, 0.3) is 0 Å². The summed E-state index contributed by atoms with van der Waals surface area (Å²) in [4.78, 5) is 25.1. The maximum atomic E-state index is 13.4. The summed E-state index contributed by atoms with van der Waals surface area (Å²) in [6.45, 7) is 4.74. The van der Waals surface area contributed by atoms with E-state index in [4.69, 9.17) is 0 Å². The zero-order valence-corrected chi connectivity index (χ0v) is 13.3. The van der Waals surface area contributed by atoms with Crippen LogP contribution in [-0.4, -0.2) is 36.3 Å². The Labute approximate surface area is 134 Å². The fourth-order valence-corrected chi connectivity index (χ4v) is 2.68. The quantitative estimate of drug-likeness (QED) is 0.894. The van der Waals surface area contributed by atoms with Crippen molar-refractivity contribution in [3.63, 3.8) is 0 Å². The first-order chi connectivity index (χ1) is 10.9. The third-order valence-electron chi connectivity index (χ3n) is 3.81. The molecule has 23 heavy (non-hydrogen) atoms. The van der Waals surface area contributed by atoms with E-state index >= 15 is 0 Å². The molecule has 126 valence electrons. The molecule has 0 bridgehead atoms. The van der Waals surface area contributed by atoms with E-state index in [9.17, 15) is 18.4 Å². The molecule has 2 N–H and O–H groups in total. The van der Waals surface area contributed by atoms with Gasteiger partial charge in [0.2, 0.25) is 11.8 Å². The summed E-state index contributed by atoms with van der Waals surface area (Å²) < 4.78 is 26.7. The second-order valence-corrected chi connectivity index (χ2v) is 5.93. The number of carbonyl (C=O) groups excluding carboxylic acids is 2. The van der Waals surface area contributed by atoms with Gasteiger partial charge in [-0.15, -0.1) is 0 Å². The summed E-state index contributed by atoms with van der Waals surface area (Å²) in [5.41, 5.74) is 0.286. The lowest BCUT2D eigenvalue weighted by Gasteiger charge is -2.31. The van der Waals surface area contributed by atoms with Gasteiger partial charge in [-0.1, -0.05) is 6.92 Å². The number of piperidine rings is 1. The van der Waals surface area contributed by atoms with E-state index in [-0.39, 0.29) is 23.8 Å². The molecule has 1 heterocycles. The molecule has 1 aromatic carbocycles.